The number of nitrogens with zero attached hydrogens (tertiary/aromatic N) is 4. The zero-order valence-corrected chi connectivity index (χ0v) is 16.0. The average Bonchev–Trinajstić information content (AvgIpc) is 3.35. The molecule has 1 fully saturated rings. The van der Waals surface area contributed by atoms with E-state index in [1.165, 1.54) is 13.4 Å². The van der Waals surface area contributed by atoms with Gasteiger partial charge in [-0.1, -0.05) is 25.1 Å². The first-order valence-electron chi connectivity index (χ1n) is 9.18. The standard InChI is InChI=1S/C19H26N6O2/c1-4-20-19(25-10-13(2)16(11-25)18(26)27-3)21-9-14-6-5-7-15(8-14)17-22-12-23-24-17/h5-8,12-13,16H,4,9-11H2,1-3H3,(H,20,21)(H,22,23,24). The number of H-pyrrole nitrogens is 1. The van der Waals surface area contributed by atoms with Crippen LogP contribution in [0.1, 0.15) is 19.4 Å². The predicted molar refractivity (Wildman–Crippen MR) is 103 cm³/mol. The lowest BCUT2D eigenvalue weighted by atomic mass is 9.99. The second-order valence-electron chi connectivity index (χ2n) is 6.72. The number of hydrogen-bond donors (Lipinski definition) is 2. The van der Waals surface area contributed by atoms with Crippen LogP contribution in [-0.4, -0.2) is 58.8 Å². The number of aliphatic imine (C=N–C) groups is 1. The van der Waals surface area contributed by atoms with Crippen LogP contribution in [0.4, 0.5) is 0 Å². The molecule has 8 nitrogen and oxygen atoms in total. The number of rotatable bonds is 5. The molecule has 0 saturated carbocycles. The molecule has 0 amide bonds. The summed E-state index contributed by atoms with van der Waals surface area (Å²) in [6, 6.07) is 8.07. The normalized spacial score (nSPS) is 20.0. The zero-order chi connectivity index (χ0) is 19.2. The zero-order valence-electron chi connectivity index (χ0n) is 16.0. The van der Waals surface area contributed by atoms with Crippen molar-refractivity contribution in [3.05, 3.63) is 36.2 Å². The molecule has 27 heavy (non-hydrogen) atoms. The van der Waals surface area contributed by atoms with E-state index in [4.69, 9.17) is 9.73 Å². The average molecular weight is 370 g/mol. The van der Waals surface area contributed by atoms with E-state index >= 15 is 0 Å². The molecule has 144 valence electrons. The highest BCUT2D eigenvalue weighted by atomic mass is 16.5. The van der Waals surface area contributed by atoms with Crippen LogP contribution in [0.3, 0.4) is 0 Å². The van der Waals surface area contributed by atoms with Crippen molar-refractivity contribution in [2.24, 2.45) is 16.8 Å². The molecule has 8 heteroatoms. The van der Waals surface area contributed by atoms with E-state index in [1.54, 1.807) is 0 Å². The van der Waals surface area contributed by atoms with Gasteiger partial charge in [0.1, 0.15) is 6.33 Å². The number of esters is 1. The second-order valence-corrected chi connectivity index (χ2v) is 6.72. The van der Waals surface area contributed by atoms with Gasteiger partial charge in [-0.25, -0.2) is 9.98 Å². The number of benzene rings is 1. The first kappa shape index (κ1) is 18.9. The van der Waals surface area contributed by atoms with E-state index in [0.29, 0.717) is 13.1 Å². The summed E-state index contributed by atoms with van der Waals surface area (Å²) in [5, 5.41) is 10.1. The number of guanidine groups is 1. The lowest BCUT2D eigenvalue weighted by molar-refractivity contribution is -0.145. The minimum absolute atomic E-state index is 0.117. The van der Waals surface area contributed by atoms with Gasteiger partial charge in [-0.3, -0.25) is 9.89 Å². The Morgan fingerprint density at radius 2 is 2.30 bits per heavy atom. The summed E-state index contributed by atoms with van der Waals surface area (Å²) in [4.78, 5) is 23.1. The second kappa shape index (κ2) is 8.66. The van der Waals surface area contributed by atoms with Crippen molar-refractivity contribution in [2.45, 2.75) is 20.4 Å². The lowest BCUT2D eigenvalue weighted by Gasteiger charge is -2.21. The molecule has 2 unspecified atom stereocenters. The first-order chi connectivity index (χ1) is 13.1. The van der Waals surface area contributed by atoms with Gasteiger partial charge in [0.05, 0.1) is 19.6 Å². The Hall–Kier alpha value is -2.90. The van der Waals surface area contributed by atoms with Gasteiger partial charge in [0.2, 0.25) is 0 Å². The van der Waals surface area contributed by atoms with Gasteiger partial charge in [-0.15, -0.1) is 0 Å². The Labute approximate surface area is 159 Å². The van der Waals surface area contributed by atoms with Gasteiger partial charge in [-0.2, -0.15) is 5.10 Å². The molecular formula is C19H26N6O2. The van der Waals surface area contributed by atoms with Crippen LogP contribution in [0.25, 0.3) is 11.4 Å². The summed E-state index contributed by atoms with van der Waals surface area (Å²) in [6.07, 6.45) is 1.50. The Morgan fingerprint density at radius 1 is 1.44 bits per heavy atom. The predicted octanol–water partition coefficient (Wildman–Crippen LogP) is 1.68. The monoisotopic (exact) mass is 370 g/mol. The van der Waals surface area contributed by atoms with Crippen molar-refractivity contribution in [1.82, 2.24) is 25.4 Å². The van der Waals surface area contributed by atoms with Crippen LogP contribution in [0.2, 0.25) is 0 Å². The largest absolute Gasteiger partial charge is 0.469 e. The van der Waals surface area contributed by atoms with E-state index in [2.05, 4.69) is 38.4 Å². The maximum Gasteiger partial charge on any atom is 0.310 e. The summed E-state index contributed by atoms with van der Waals surface area (Å²) < 4.78 is 4.93. The molecule has 2 N–H and O–H groups in total. The number of carbonyl (C=O) groups is 1. The van der Waals surface area contributed by atoms with Gasteiger partial charge in [0.25, 0.3) is 0 Å². The van der Waals surface area contributed by atoms with Crippen LogP contribution in [0, 0.1) is 11.8 Å². The number of methoxy groups -OCH3 is 1. The first-order valence-corrected chi connectivity index (χ1v) is 9.18. The summed E-state index contributed by atoms with van der Waals surface area (Å²) in [6.45, 7) is 6.83. The van der Waals surface area contributed by atoms with Gasteiger partial charge in [0, 0.05) is 25.2 Å². The van der Waals surface area contributed by atoms with Crippen LogP contribution in [0.15, 0.2) is 35.6 Å². The van der Waals surface area contributed by atoms with Gasteiger partial charge in [0.15, 0.2) is 11.8 Å². The summed E-state index contributed by atoms with van der Waals surface area (Å²) in [5.74, 6) is 1.52. The van der Waals surface area contributed by atoms with E-state index in [1.807, 2.05) is 25.1 Å². The van der Waals surface area contributed by atoms with Crippen molar-refractivity contribution < 1.29 is 9.53 Å². The maximum absolute atomic E-state index is 12.0. The molecule has 2 atom stereocenters. The molecule has 0 aliphatic carbocycles. The molecule has 2 aromatic rings. The van der Waals surface area contributed by atoms with Crippen molar-refractivity contribution in [3.63, 3.8) is 0 Å². The molecule has 1 aromatic carbocycles. The molecule has 1 aliphatic rings. The number of ether oxygens (including phenoxy) is 1. The molecule has 2 heterocycles. The fraction of sp³-hybridized carbons (Fsp3) is 0.474. The fourth-order valence-electron chi connectivity index (χ4n) is 3.35. The van der Waals surface area contributed by atoms with Gasteiger partial charge >= 0.3 is 5.97 Å². The van der Waals surface area contributed by atoms with Crippen LogP contribution in [-0.2, 0) is 16.1 Å². The van der Waals surface area contributed by atoms with Crippen molar-refractivity contribution >= 4 is 11.9 Å². The highest BCUT2D eigenvalue weighted by Gasteiger charge is 2.36. The smallest absolute Gasteiger partial charge is 0.310 e. The minimum Gasteiger partial charge on any atom is -0.469 e. The van der Waals surface area contributed by atoms with Gasteiger partial charge in [-0.05, 0) is 24.5 Å². The number of likely N-dealkylation sites (tertiary alicyclic amines) is 1. The molecule has 3 rings (SSSR count). The third-order valence-electron chi connectivity index (χ3n) is 4.78. The van der Waals surface area contributed by atoms with Crippen LogP contribution < -0.4 is 5.32 Å². The van der Waals surface area contributed by atoms with Crippen molar-refractivity contribution in [1.29, 1.82) is 0 Å². The number of aromatic nitrogens is 3. The topological polar surface area (TPSA) is 95.5 Å². The van der Waals surface area contributed by atoms with E-state index in [-0.39, 0.29) is 17.8 Å². The third-order valence-corrected chi connectivity index (χ3v) is 4.78. The SMILES string of the molecule is CCNC(=NCc1cccc(-c2ncn[nH]2)c1)N1CC(C)C(C(=O)OC)C1. The van der Waals surface area contributed by atoms with E-state index in [9.17, 15) is 4.79 Å². The third kappa shape index (κ3) is 4.45. The summed E-state index contributed by atoms with van der Waals surface area (Å²) in [5.41, 5.74) is 2.06. The number of nitrogens with one attached hydrogen (secondary N) is 2. The Kier molecular flexibility index (Phi) is 6.05. The van der Waals surface area contributed by atoms with Gasteiger partial charge < -0.3 is 15.0 Å². The Balaban J connectivity index is 1.73. The molecule has 1 saturated heterocycles. The summed E-state index contributed by atoms with van der Waals surface area (Å²) >= 11 is 0. The maximum atomic E-state index is 12.0. The van der Waals surface area contributed by atoms with Crippen molar-refractivity contribution in [2.75, 3.05) is 26.7 Å². The quantitative estimate of drug-likeness (QED) is 0.472. The highest BCUT2D eigenvalue weighted by molar-refractivity contribution is 5.82. The molecule has 0 spiro atoms. The van der Waals surface area contributed by atoms with Crippen LogP contribution in [0.5, 0.6) is 0 Å². The molecule has 0 bridgehead atoms. The highest BCUT2D eigenvalue weighted by Crippen LogP contribution is 2.24. The molecule has 0 radical (unpaired) electrons. The minimum atomic E-state index is -0.152. The van der Waals surface area contributed by atoms with E-state index < -0.39 is 0 Å². The summed E-state index contributed by atoms with van der Waals surface area (Å²) in [7, 11) is 1.44. The number of aromatic amines is 1. The molecule has 1 aliphatic heterocycles. The molecule has 1 aromatic heterocycles. The number of carbonyl (C=O) groups excluding carboxylic acids is 1. The lowest BCUT2D eigenvalue weighted by Crippen LogP contribution is -2.40. The van der Waals surface area contributed by atoms with E-state index in [0.717, 1.165) is 36.0 Å². The van der Waals surface area contributed by atoms with Crippen molar-refractivity contribution in [3.8, 4) is 11.4 Å². The fourth-order valence-corrected chi connectivity index (χ4v) is 3.35. The van der Waals surface area contributed by atoms with Crippen LogP contribution >= 0.6 is 0 Å². The molecular weight excluding hydrogens is 344 g/mol. The Bertz CT molecular complexity index is 789. The number of hydrogen-bond acceptors (Lipinski definition) is 5. The Morgan fingerprint density at radius 3 is 3.00 bits per heavy atom.